The van der Waals surface area contributed by atoms with E-state index >= 15 is 0 Å². The molecular weight excluding hydrogens is 449 g/mol. The summed E-state index contributed by atoms with van der Waals surface area (Å²) in [7, 11) is 0. The van der Waals surface area contributed by atoms with E-state index in [1.54, 1.807) is 0 Å². The number of H-pyrrole nitrogens is 1. The van der Waals surface area contributed by atoms with Crippen molar-refractivity contribution in [3.63, 3.8) is 0 Å². The second-order valence-electron chi connectivity index (χ2n) is 8.40. The Bertz CT molecular complexity index is 1240. The fraction of sp³-hybridized carbons (Fsp3) is 0.409. The molecule has 12 heteroatoms. The van der Waals surface area contributed by atoms with E-state index in [-0.39, 0.29) is 46.7 Å². The Kier molecular flexibility index (Phi) is 6.39. The molecule has 1 atom stereocenters. The molecule has 178 valence electrons. The number of hydrogen-bond donors (Lipinski definition) is 3. The predicted octanol–water partition coefficient (Wildman–Crippen LogP) is 2.91. The first-order chi connectivity index (χ1) is 16.2. The Morgan fingerprint density at radius 3 is 2.74 bits per heavy atom. The lowest BCUT2D eigenvalue weighted by molar-refractivity contribution is -0.137. The Balaban J connectivity index is 1.58. The van der Waals surface area contributed by atoms with Crippen LogP contribution in [0.3, 0.4) is 0 Å². The minimum absolute atomic E-state index is 0.00187. The maximum absolute atomic E-state index is 13.2. The van der Waals surface area contributed by atoms with Gasteiger partial charge >= 0.3 is 6.18 Å². The predicted molar refractivity (Wildman–Crippen MR) is 118 cm³/mol. The standard InChI is InChI=1S/C22H23F3N8O/c1-12(13-2-4-33(5-3-13)11-18(27)34)31-21-30-8-14(7-26)19(32-21)17-10-29-20-16(17)6-15(9-28-20)22(23,24)25/h6,8-10,12-13H,2-5,11H2,1H3,(H2,27,34)(H,28,29)(H,30,31,32)/t12-/m1/s1. The molecule has 1 fully saturated rings. The molecule has 1 aliphatic rings. The number of likely N-dealkylation sites (tertiary alicyclic amines) is 1. The topological polar surface area (TPSA) is 137 Å². The van der Waals surface area contributed by atoms with E-state index in [1.807, 2.05) is 17.9 Å². The lowest BCUT2D eigenvalue weighted by atomic mass is 9.90. The van der Waals surface area contributed by atoms with Gasteiger partial charge in [0, 0.05) is 29.4 Å². The van der Waals surface area contributed by atoms with E-state index in [0.29, 0.717) is 11.5 Å². The van der Waals surface area contributed by atoms with Crippen molar-refractivity contribution in [3.05, 3.63) is 35.8 Å². The number of aromatic nitrogens is 4. The van der Waals surface area contributed by atoms with Crippen molar-refractivity contribution in [2.24, 2.45) is 11.7 Å². The average Bonchev–Trinajstić information content (AvgIpc) is 3.21. The van der Waals surface area contributed by atoms with E-state index in [0.717, 1.165) is 38.2 Å². The third-order valence-corrected chi connectivity index (χ3v) is 6.10. The van der Waals surface area contributed by atoms with E-state index in [2.05, 4.69) is 25.3 Å². The van der Waals surface area contributed by atoms with Crippen LogP contribution in [-0.2, 0) is 11.0 Å². The molecule has 34 heavy (non-hydrogen) atoms. The summed E-state index contributed by atoms with van der Waals surface area (Å²) >= 11 is 0. The third kappa shape index (κ3) is 4.94. The molecule has 1 amide bonds. The van der Waals surface area contributed by atoms with Gasteiger partial charge in [-0.05, 0) is 44.8 Å². The summed E-state index contributed by atoms with van der Waals surface area (Å²) in [4.78, 5) is 28.5. The summed E-state index contributed by atoms with van der Waals surface area (Å²) in [5, 5.41) is 13.0. The molecule has 0 aliphatic carbocycles. The molecule has 0 radical (unpaired) electrons. The smallest absolute Gasteiger partial charge is 0.369 e. The number of aromatic amines is 1. The van der Waals surface area contributed by atoms with Gasteiger partial charge in [0.1, 0.15) is 11.7 Å². The first-order valence-corrected chi connectivity index (χ1v) is 10.7. The fourth-order valence-corrected chi connectivity index (χ4v) is 4.25. The van der Waals surface area contributed by atoms with Crippen LogP contribution in [0.4, 0.5) is 19.1 Å². The quantitative estimate of drug-likeness (QED) is 0.502. The number of halogens is 3. The number of carbonyl (C=O) groups excluding carboxylic acids is 1. The Morgan fingerprint density at radius 1 is 1.35 bits per heavy atom. The number of fused-ring (bicyclic) bond motifs is 1. The lowest BCUT2D eigenvalue weighted by Crippen LogP contribution is -2.42. The monoisotopic (exact) mass is 472 g/mol. The van der Waals surface area contributed by atoms with Crippen molar-refractivity contribution in [1.82, 2.24) is 24.8 Å². The maximum atomic E-state index is 13.2. The van der Waals surface area contributed by atoms with Gasteiger partial charge in [-0.25, -0.2) is 15.0 Å². The van der Waals surface area contributed by atoms with Gasteiger partial charge in [-0.3, -0.25) is 9.69 Å². The van der Waals surface area contributed by atoms with Gasteiger partial charge in [-0.1, -0.05) is 0 Å². The number of alkyl halides is 3. The highest BCUT2D eigenvalue weighted by atomic mass is 19.4. The molecule has 3 aromatic heterocycles. The molecule has 9 nitrogen and oxygen atoms in total. The zero-order chi connectivity index (χ0) is 24.5. The number of hydrogen-bond acceptors (Lipinski definition) is 7. The van der Waals surface area contributed by atoms with Gasteiger partial charge in [-0.2, -0.15) is 18.4 Å². The highest BCUT2D eigenvalue weighted by Gasteiger charge is 2.32. The number of piperidine rings is 1. The number of carbonyl (C=O) groups is 1. The van der Waals surface area contributed by atoms with Gasteiger partial charge in [0.15, 0.2) is 0 Å². The normalized spacial score (nSPS) is 16.3. The average molecular weight is 472 g/mol. The van der Waals surface area contributed by atoms with Gasteiger partial charge in [0.05, 0.1) is 29.6 Å². The van der Waals surface area contributed by atoms with Crippen LogP contribution in [0.2, 0.25) is 0 Å². The Hall–Kier alpha value is -3.72. The number of rotatable bonds is 6. The molecule has 3 aromatic rings. The minimum atomic E-state index is -4.55. The van der Waals surface area contributed by atoms with Gasteiger partial charge in [0.25, 0.3) is 0 Å². The molecule has 0 aromatic carbocycles. The number of nitrogens with two attached hydrogens (primary N) is 1. The van der Waals surface area contributed by atoms with E-state index in [4.69, 9.17) is 5.73 Å². The van der Waals surface area contributed by atoms with Crippen molar-refractivity contribution >= 4 is 22.9 Å². The zero-order valence-corrected chi connectivity index (χ0v) is 18.4. The molecule has 0 bridgehead atoms. The third-order valence-electron chi connectivity index (χ3n) is 6.10. The van der Waals surface area contributed by atoms with Crippen LogP contribution in [0.15, 0.2) is 24.7 Å². The molecular formula is C22H23F3N8O. The van der Waals surface area contributed by atoms with E-state index in [9.17, 15) is 23.2 Å². The van der Waals surface area contributed by atoms with E-state index in [1.165, 1.54) is 12.4 Å². The highest BCUT2D eigenvalue weighted by Crippen LogP contribution is 2.35. The summed E-state index contributed by atoms with van der Waals surface area (Å²) in [6.45, 7) is 3.75. The van der Waals surface area contributed by atoms with Crippen molar-refractivity contribution in [3.8, 4) is 17.3 Å². The molecule has 0 saturated carbocycles. The number of amides is 1. The SMILES string of the molecule is C[C@@H](Nc1ncc(C#N)c(-c2c[nH]c3ncc(C(F)(F)F)cc23)n1)C1CCN(CC(N)=O)CC1. The summed E-state index contributed by atoms with van der Waals surface area (Å²) in [6, 6.07) is 3.00. The second-order valence-corrected chi connectivity index (χ2v) is 8.40. The van der Waals surface area contributed by atoms with Crippen LogP contribution in [0.25, 0.3) is 22.3 Å². The number of pyridine rings is 1. The van der Waals surface area contributed by atoms with Crippen molar-refractivity contribution < 1.29 is 18.0 Å². The molecule has 1 saturated heterocycles. The largest absolute Gasteiger partial charge is 0.417 e. The summed E-state index contributed by atoms with van der Waals surface area (Å²) < 4.78 is 39.6. The number of nitrogens with zero attached hydrogens (tertiary/aromatic N) is 5. The summed E-state index contributed by atoms with van der Waals surface area (Å²) in [5.74, 6) is 0.228. The second kappa shape index (κ2) is 9.26. The van der Waals surface area contributed by atoms with Crippen molar-refractivity contribution in [2.45, 2.75) is 32.0 Å². The van der Waals surface area contributed by atoms with Crippen LogP contribution in [0, 0.1) is 17.2 Å². The van der Waals surface area contributed by atoms with Crippen LogP contribution in [0.5, 0.6) is 0 Å². The molecule has 4 N–H and O–H groups in total. The fourth-order valence-electron chi connectivity index (χ4n) is 4.25. The number of nitrogens with one attached hydrogen (secondary N) is 2. The lowest BCUT2D eigenvalue weighted by Gasteiger charge is -2.34. The van der Waals surface area contributed by atoms with Gasteiger partial charge in [0.2, 0.25) is 11.9 Å². The van der Waals surface area contributed by atoms with Crippen LogP contribution < -0.4 is 11.1 Å². The zero-order valence-electron chi connectivity index (χ0n) is 18.4. The Morgan fingerprint density at radius 2 is 2.09 bits per heavy atom. The number of anilines is 1. The minimum Gasteiger partial charge on any atom is -0.369 e. The van der Waals surface area contributed by atoms with Crippen molar-refractivity contribution in [2.75, 3.05) is 25.0 Å². The van der Waals surface area contributed by atoms with E-state index < -0.39 is 11.7 Å². The maximum Gasteiger partial charge on any atom is 0.417 e. The molecule has 4 rings (SSSR count). The molecule has 4 heterocycles. The molecule has 0 spiro atoms. The number of nitriles is 1. The van der Waals surface area contributed by atoms with Gasteiger partial charge in [-0.15, -0.1) is 0 Å². The van der Waals surface area contributed by atoms with Gasteiger partial charge < -0.3 is 16.0 Å². The first kappa shape index (κ1) is 23.4. The van der Waals surface area contributed by atoms with Crippen LogP contribution in [-0.4, -0.2) is 56.4 Å². The number of primary amides is 1. The highest BCUT2D eigenvalue weighted by molar-refractivity contribution is 5.94. The summed E-state index contributed by atoms with van der Waals surface area (Å²) in [6.07, 6.45) is 0.777. The first-order valence-electron chi connectivity index (χ1n) is 10.7. The van der Waals surface area contributed by atoms with Crippen LogP contribution in [0.1, 0.15) is 30.9 Å². The summed E-state index contributed by atoms with van der Waals surface area (Å²) in [5.41, 5.74) is 5.33. The Labute approximate surface area is 193 Å². The van der Waals surface area contributed by atoms with Crippen molar-refractivity contribution in [1.29, 1.82) is 5.26 Å². The molecule has 1 aliphatic heterocycles. The molecule has 0 unspecified atom stereocenters. The van der Waals surface area contributed by atoms with Crippen LogP contribution >= 0.6 is 0 Å².